The van der Waals surface area contributed by atoms with Gasteiger partial charge in [0.15, 0.2) is 0 Å². The number of benzene rings is 1. The average Bonchev–Trinajstić information content (AvgIpc) is 3.08. The molecule has 9 heteroatoms. The van der Waals surface area contributed by atoms with Crippen molar-refractivity contribution in [2.24, 2.45) is 0 Å². The first-order chi connectivity index (χ1) is 12.0. The molecule has 2 N–H and O–H groups in total. The van der Waals surface area contributed by atoms with E-state index in [1.165, 1.54) is 12.1 Å². The Morgan fingerprint density at radius 3 is 2.60 bits per heavy atom. The number of hydrogen-bond donors (Lipinski definition) is 2. The molecular weight excluding hydrogens is 408 g/mol. The number of nitrogens with zero attached hydrogens (tertiary/aromatic N) is 2. The predicted octanol–water partition coefficient (Wildman–Crippen LogP) is 1.91. The number of nitrogens with one attached hydrogen (secondary N) is 2. The lowest BCUT2D eigenvalue weighted by molar-refractivity contribution is -0.120. The van der Waals surface area contributed by atoms with Crippen molar-refractivity contribution < 1.29 is 13.2 Å². The minimum Gasteiger partial charge on any atom is -0.356 e. The van der Waals surface area contributed by atoms with Crippen LogP contribution in [0.25, 0.3) is 0 Å². The highest BCUT2D eigenvalue weighted by molar-refractivity contribution is 9.10. The summed E-state index contributed by atoms with van der Waals surface area (Å²) >= 11 is 3.26. The van der Waals surface area contributed by atoms with Gasteiger partial charge in [0.25, 0.3) is 0 Å². The van der Waals surface area contributed by atoms with E-state index in [1.54, 1.807) is 24.7 Å². The van der Waals surface area contributed by atoms with Gasteiger partial charge in [0.05, 0.1) is 11.2 Å². The van der Waals surface area contributed by atoms with Gasteiger partial charge < -0.3 is 9.88 Å². The van der Waals surface area contributed by atoms with Crippen molar-refractivity contribution in [2.45, 2.75) is 30.7 Å². The van der Waals surface area contributed by atoms with Crippen molar-refractivity contribution in [3.05, 3.63) is 47.5 Å². The average molecular weight is 429 g/mol. The van der Waals surface area contributed by atoms with Gasteiger partial charge in [-0.25, -0.2) is 18.1 Å². The monoisotopic (exact) mass is 428 g/mol. The van der Waals surface area contributed by atoms with Gasteiger partial charge in [-0.05, 0) is 37.1 Å². The maximum Gasteiger partial charge on any atom is 0.240 e. The molecule has 1 aromatic heterocycles. The van der Waals surface area contributed by atoms with Crippen LogP contribution in [0, 0.1) is 0 Å². The lowest BCUT2D eigenvalue weighted by atomic mass is 10.3. The van der Waals surface area contributed by atoms with E-state index in [1.807, 2.05) is 10.8 Å². The zero-order valence-electron chi connectivity index (χ0n) is 13.7. The molecule has 0 spiro atoms. The van der Waals surface area contributed by atoms with Gasteiger partial charge in [-0.2, -0.15) is 0 Å². The van der Waals surface area contributed by atoms with Gasteiger partial charge in [-0.15, -0.1) is 0 Å². The van der Waals surface area contributed by atoms with Gasteiger partial charge >= 0.3 is 0 Å². The molecule has 1 heterocycles. The third-order valence-corrected chi connectivity index (χ3v) is 5.50. The Bertz CT molecular complexity index is 761. The molecule has 0 unspecified atom stereocenters. The third kappa shape index (κ3) is 6.97. The minimum atomic E-state index is -3.59. The van der Waals surface area contributed by atoms with Gasteiger partial charge in [-0.1, -0.05) is 15.9 Å². The maximum atomic E-state index is 12.1. The summed E-state index contributed by atoms with van der Waals surface area (Å²) in [5.41, 5.74) is 0. The van der Waals surface area contributed by atoms with E-state index in [0.29, 0.717) is 6.54 Å². The smallest absolute Gasteiger partial charge is 0.240 e. The molecule has 0 radical (unpaired) electrons. The fraction of sp³-hybridized carbons (Fsp3) is 0.375. The highest BCUT2D eigenvalue weighted by Gasteiger charge is 2.13. The fourth-order valence-corrected chi connectivity index (χ4v) is 3.45. The molecule has 0 aliphatic heterocycles. The van der Waals surface area contributed by atoms with Crippen molar-refractivity contribution in [2.75, 3.05) is 13.1 Å². The number of imidazole rings is 1. The second-order valence-electron chi connectivity index (χ2n) is 5.46. The molecule has 0 fully saturated rings. The molecule has 7 nitrogen and oxygen atoms in total. The van der Waals surface area contributed by atoms with Crippen molar-refractivity contribution in [3.8, 4) is 0 Å². The largest absolute Gasteiger partial charge is 0.356 e. The SMILES string of the molecule is O=C(CCNS(=O)(=O)c1ccc(Br)cc1)NCCCCn1ccnc1. The number of rotatable bonds is 10. The van der Waals surface area contributed by atoms with Crippen LogP contribution in [0.15, 0.2) is 52.4 Å². The number of carbonyl (C=O) groups is 1. The first kappa shape index (κ1) is 19.6. The van der Waals surface area contributed by atoms with Crippen LogP contribution in [0.1, 0.15) is 19.3 Å². The van der Waals surface area contributed by atoms with Crippen LogP contribution in [-0.4, -0.2) is 37.0 Å². The first-order valence-corrected chi connectivity index (χ1v) is 10.2. The first-order valence-electron chi connectivity index (χ1n) is 7.95. The highest BCUT2D eigenvalue weighted by atomic mass is 79.9. The summed E-state index contributed by atoms with van der Waals surface area (Å²) in [5.74, 6) is -0.166. The second-order valence-corrected chi connectivity index (χ2v) is 8.14. The summed E-state index contributed by atoms with van der Waals surface area (Å²) in [6.07, 6.45) is 7.29. The Kier molecular flexibility index (Phi) is 7.60. The summed E-state index contributed by atoms with van der Waals surface area (Å²) in [5, 5.41) is 2.79. The third-order valence-electron chi connectivity index (χ3n) is 3.49. The number of sulfonamides is 1. The lowest BCUT2D eigenvalue weighted by Gasteiger charge is -2.08. The Hall–Kier alpha value is -1.71. The van der Waals surface area contributed by atoms with Crippen LogP contribution in [0.5, 0.6) is 0 Å². The molecule has 1 aromatic carbocycles. The molecule has 2 aromatic rings. The minimum absolute atomic E-state index is 0.0687. The fourth-order valence-electron chi connectivity index (χ4n) is 2.15. The number of amides is 1. The summed E-state index contributed by atoms with van der Waals surface area (Å²) in [6, 6.07) is 6.33. The van der Waals surface area contributed by atoms with Crippen molar-refractivity contribution >= 4 is 31.9 Å². The van der Waals surface area contributed by atoms with Crippen molar-refractivity contribution in [1.82, 2.24) is 19.6 Å². The summed E-state index contributed by atoms with van der Waals surface area (Å²) < 4.78 is 29.4. The molecule has 0 bridgehead atoms. The van der Waals surface area contributed by atoms with Crippen LogP contribution < -0.4 is 10.0 Å². The zero-order valence-corrected chi connectivity index (χ0v) is 16.1. The molecular formula is C16H21BrN4O3S. The van der Waals surface area contributed by atoms with Gasteiger partial charge in [0.1, 0.15) is 0 Å². The summed E-state index contributed by atoms with van der Waals surface area (Å²) in [4.78, 5) is 15.9. The number of carbonyl (C=O) groups excluding carboxylic acids is 1. The van der Waals surface area contributed by atoms with Crippen LogP contribution in [-0.2, 0) is 21.4 Å². The predicted molar refractivity (Wildman–Crippen MR) is 98.4 cm³/mol. The molecule has 25 heavy (non-hydrogen) atoms. The van der Waals surface area contributed by atoms with E-state index < -0.39 is 10.0 Å². The summed E-state index contributed by atoms with van der Waals surface area (Å²) in [7, 11) is -3.59. The van der Waals surface area contributed by atoms with Gasteiger partial charge in [0.2, 0.25) is 15.9 Å². The van der Waals surface area contributed by atoms with E-state index in [4.69, 9.17) is 0 Å². The number of unbranched alkanes of at least 4 members (excludes halogenated alkanes) is 1. The number of hydrogen-bond acceptors (Lipinski definition) is 4. The molecule has 0 saturated heterocycles. The van der Waals surface area contributed by atoms with Crippen LogP contribution >= 0.6 is 15.9 Å². The van der Waals surface area contributed by atoms with Gasteiger partial charge in [-0.3, -0.25) is 4.79 Å². The standard InChI is InChI=1S/C16H21BrN4O3S/c17-14-3-5-15(6-4-14)25(23,24)20-9-7-16(22)19-8-1-2-11-21-12-10-18-13-21/h3-6,10,12-13,20H,1-2,7-9,11H2,(H,19,22). The molecule has 0 aliphatic carbocycles. The van der Waals surface area contributed by atoms with E-state index in [2.05, 4.69) is 31.0 Å². The molecule has 1 amide bonds. The van der Waals surface area contributed by atoms with Gasteiger partial charge in [0, 0.05) is 42.9 Å². The topological polar surface area (TPSA) is 93.1 Å². The molecule has 2 rings (SSSR count). The quantitative estimate of drug-likeness (QED) is 0.565. The number of aromatic nitrogens is 2. The lowest BCUT2D eigenvalue weighted by Crippen LogP contribution is -2.31. The second kappa shape index (κ2) is 9.69. The van der Waals surface area contributed by atoms with Crippen LogP contribution in [0.3, 0.4) is 0 Å². The summed E-state index contributed by atoms with van der Waals surface area (Å²) in [6.45, 7) is 1.51. The normalized spacial score (nSPS) is 11.4. The molecule has 0 aliphatic rings. The number of halogens is 1. The Morgan fingerprint density at radius 2 is 1.92 bits per heavy atom. The van der Waals surface area contributed by atoms with E-state index in [9.17, 15) is 13.2 Å². The van der Waals surface area contributed by atoms with Crippen molar-refractivity contribution in [3.63, 3.8) is 0 Å². The van der Waals surface area contributed by atoms with Crippen LogP contribution in [0.2, 0.25) is 0 Å². The Morgan fingerprint density at radius 1 is 1.16 bits per heavy atom. The van der Waals surface area contributed by atoms with E-state index >= 15 is 0 Å². The Labute approximate surface area is 156 Å². The zero-order chi connectivity index (χ0) is 18.1. The van der Waals surface area contributed by atoms with Crippen LogP contribution in [0.4, 0.5) is 0 Å². The Balaban J connectivity index is 1.60. The van der Waals surface area contributed by atoms with Crippen molar-refractivity contribution in [1.29, 1.82) is 0 Å². The highest BCUT2D eigenvalue weighted by Crippen LogP contribution is 2.14. The molecule has 0 atom stereocenters. The van der Waals surface area contributed by atoms with E-state index in [-0.39, 0.29) is 23.8 Å². The van der Waals surface area contributed by atoms with E-state index in [0.717, 1.165) is 23.9 Å². The molecule has 136 valence electrons. The maximum absolute atomic E-state index is 12.1. The number of aryl methyl sites for hydroxylation is 1. The molecule has 0 saturated carbocycles.